The number of carbonyl (C=O) groups excluding carboxylic acids is 1. The van der Waals surface area contributed by atoms with Crippen molar-refractivity contribution >= 4 is 12.0 Å². The van der Waals surface area contributed by atoms with E-state index in [-0.39, 0.29) is 12.6 Å². The van der Waals surface area contributed by atoms with Crippen molar-refractivity contribution in [2.24, 2.45) is 4.99 Å². The molecule has 19 heavy (non-hydrogen) atoms. The van der Waals surface area contributed by atoms with Crippen LogP contribution in [0.25, 0.3) is 0 Å². The minimum atomic E-state index is -1.39. The molecule has 10 heteroatoms. The van der Waals surface area contributed by atoms with Gasteiger partial charge in [-0.25, -0.2) is 9.86 Å². The second kappa shape index (κ2) is 5.27. The number of hydrogen-bond donors (Lipinski definition) is 5. The fourth-order valence-corrected chi connectivity index (χ4v) is 2.00. The molecule has 2 aliphatic rings. The standard InChI is InChI=1S/C9H16N4O6/c1-10-8-11-9(17)12(3-13(8)18)7-6(16)5(15)4(2-14)19-7/h4-7,14-16,18H,2-3H2,1H3,(H,10,11,17)/t4-,5?,6?,7-/m1/s1. The third-order valence-electron chi connectivity index (χ3n) is 3.03. The van der Waals surface area contributed by atoms with Crippen LogP contribution >= 0.6 is 0 Å². The lowest BCUT2D eigenvalue weighted by molar-refractivity contribution is -0.128. The molecule has 2 rings (SSSR count). The number of amides is 2. The molecule has 0 spiro atoms. The van der Waals surface area contributed by atoms with Crippen LogP contribution in [-0.4, -0.2) is 87.3 Å². The van der Waals surface area contributed by atoms with Gasteiger partial charge in [-0.1, -0.05) is 0 Å². The first-order valence-electron chi connectivity index (χ1n) is 5.65. The van der Waals surface area contributed by atoms with Crippen LogP contribution in [0.3, 0.4) is 0 Å². The number of guanidine groups is 1. The summed E-state index contributed by atoms with van der Waals surface area (Å²) in [6.07, 6.45) is -4.88. The minimum Gasteiger partial charge on any atom is -0.394 e. The van der Waals surface area contributed by atoms with Gasteiger partial charge in [0.2, 0.25) is 5.96 Å². The molecule has 2 unspecified atom stereocenters. The van der Waals surface area contributed by atoms with Gasteiger partial charge in [0.25, 0.3) is 0 Å². The summed E-state index contributed by atoms with van der Waals surface area (Å²) in [5.74, 6) is -0.0343. The Kier molecular flexibility index (Phi) is 3.87. The summed E-state index contributed by atoms with van der Waals surface area (Å²) in [5, 5.41) is 41.2. The Morgan fingerprint density at radius 3 is 2.68 bits per heavy atom. The Labute approximate surface area is 108 Å². The molecule has 2 aliphatic heterocycles. The summed E-state index contributed by atoms with van der Waals surface area (Å²) in [4.78, 5) is 16.3. The molecular weight excluding hydrogens is 260 g/mol. The van der Waals surface area contributed by atoms with Gasteiger partial charge in [-0.05, 0) is 0 Å². The van der Waals surface area contributed by atoms with Gasteiger partial charge < -0.3 is 25.4 Å². The molecule has 1 fully saturated rings. The quantitative estimate of drug-likeness (QED) is 0.362. The van der Waals surface area contributed by atoms with Crippen LogP contribution in [0, 0.1) is 0 Å². The number of ether oxygens (including phenoxy) is 1. The van der Waals surface area contributed by atoms with Crippen LogP contribution in [-0.2, 0) is 4.74 Å². The van der Waals surface area contributed by atoms with Crippen LogP contribution in [0.4, 0.5) is 4.79 Å². The number of urea groups is 1. The summed E-state index contributed by atoms with van der Waals surface area (Å²) in [6.45, 7) is -0.782. The van der Waals surface area contributed by atoms with E-state index in [2.05, 4.69) is 10.3 Å². The van der Waals surface area contributed by atoms with E-state index in [1.807, 2.05) is 0 Å². The number of hydroxylamine groups is 2. The monoisotopic (exact) mass is 276 g/mol. The summed E-state index contributed by atoms with van der Waals surface area (Å²) < 4.78 is 5.19. The largest absolute Gasteiger partial charge is 0.394 e. The Morgan fingerprint density at radius 2 is 2.16 bits per heavy atom. The van der Waals surface area contributed by atoms with Gasteiger partial charge in [0, 0.05) is 7.05 Å². The van der Waals surface area contributed by atoms with Crippen molar-refractivity contribution in [1.82, 2.24) is 15.3 Å². The first kappa shape index (κ1) is 14.0. The van der Waals surface area contributed by atoms with E-state index < -0.39 is 37.2 Å². The predicted octanol–water partition coefficient (Wildman–Crippen LogP) is -2.91. The molecule has 0 aromatic heterocycles. The molecule has 0 bridgehead atoms. The van der Waals surface area contributed by atoms with E-state index in [9.17, 15) is 20.2 Å². The average molecular weight is 276 g/mol. The number of aliphatic hydroxyl groups is 3. The molecule has 0 aliphatic carbocycles. The van der Waals surface area contributed by atoms with Crippen LogP contribution in [0.1, 0.15) is 0 Å². The first-order chi connectivity index (χ1) is 8.99. The SMILES string of the molecule is CNC1=NC(=O)N([C@@H]2O[C@H](CO)C(O)C2O)CN1O. The molecule has 108 valence electrons. The summed E-state index contributed by atoms with van der Waals surface area (Å²) >= 11 is 0. The normalized spacial score (nSPS) is 35.6. The van der Waals surface area contributed by atoms with Gasteiger partial charge in [-0.3, -0.25) is 10.1 Å². The van der Waals surface area contributed by atoms with E-state index in [1.165, 1.54) is 7.05 Å². The number of nitrogens with one attached hydrogen (secondary N) is 1. The van der Waals surface area contributed by atoms with Crippen LogP contribution in [0.2, 0.25) is 0 Å². The van der Waals surface area contributed by atoms with Gasteiger partial charge in [-0.2, -0.15) is 4.99 Å². The van der Waals surface area contributed by atoms with Gasteiger partial charge >= 0.3 is 6.03 Å². The van der Waals surface area contributed by atoms with Crippen molar-refractivity contribution in [3.63, 3.8) is 0 Å². The molecule has 0 aromatic carbocycles. The molecule has 2 amide bonds. The minimum absolute atomic E-state index is 0.0343. The highest BCUT2D eigenvalue weighted by molar-refractivity contribution is 5.93. The number of aliphatic imine (C=N–C) groups is 1. The topological polar surface area (TPSA) is 138 Å². The van der Waals surface area contributed by atoms with Crippen LogP contribution in [0.15, 0.2) is 4.99 Å². The lowest BCUT2D eigenvalue weighted by atomic mass is 10.1. The zero-order chi connectivity index (χ0) is 14.2. The lowest BCUT2D eigenvalue weighted by Gasteiger charge is -2.35. The maximum absolute atomic E-state index is 11.8. The molecule has 4 atom stereocenters. The number of hydrogen-bond acceptors (Lipinski definition) is 8. The van der Waals surface area contributed by atoms with Crippen molar-refractivity contribution < 1.29 is 30.1 Å². The number of aliphatic hydroxyl groups excluding tert-OH is 3. The van der Waals surface area contributed by atoms with Gasteiger partial charge in [0.15, 0.2) is 6.23 Å². The van der Waals surface area contributed by atoms with E-state index in [4.69, 9.17) is 9.84 Å². The smallest absolute Gasteiger partial charge is 0.350 e. The fourth-order valence-electron chi connectivity index (χ4n) is 2.00. The Bertz CT molecular complexity index is 391. The Morgan fingerprint density at radius 1 is 1.47 bits per heavy atom. The summed E-state index contributed by atoms with van der Waals surface area (Å²) in [7, 11) is 1.48. The molecule has 10 nitrogen and oxygen atoms in total. The molecule has 0 radical (unpaired) electrons. The van der Waals surface area contributed by atoms with E-state index in [0.717, 1.165) is 4.90 Å². The second-order valence-corrected chi connectivity index (χ2v) is 4.21. The average Bonchev–Trinajstić information content (AvgIpc) is 2.68. The lowest BCUT2D eigenvalue weighted by Crippen LogP contribution is -2.56. The van der Waals surface area contributed by atoms with Crippen molar-refractivity contribution in [1.29, 1.82) is 0 Å². The first-order valence-corrected chi connectivity index (χ1v) is 5.65. The predicted molar refractivity (Wildman–Crippen MR) is 60.0 cm³/mol. The van der Waals surface area contributed by atoms with Gasteiger partial charge in [-0.15, -0.1) is 0 Å². The van der Waals surface area contributed by atoms with E-state index in [1.54, 1.807) is 0 Å². The highest BCUT2D eigenvalue weighted by Crippen LogP contribution is 2.25. The summed E-state index contributed by atoms with van der Waals surface area (Å²) in [5.41, 5.74) is 0. The van der Waals surface area contributed by atoms with Gasteiger partial charge in [0.05, 0.1) is 6.61 Å². The third kappa shape index (κ3) is 2.35. The van der Waals surface area contributed by atoms with Crippen LogP contribution < -0.4 is 5.32 Å². The zero-order valence-corrected chi connectivity index (χ0v) is 10.2. The Hall–Kier alpha value is -1.46. The third-order valence-corrected chi connectivity index (χ3v) is 3.03. The molecular formula is C9H16N4O6. The van der Waals surface area contributed by atoms with E-state index >= 15 is 0 Å². The highest BCUT2D eigenvalue weighted by atomic mass is 16.6. The van der Waals surface area contributed by atoms with Crippen molar-refractivity contribution in [2.45, 2.75) is 24.5 Å². The molecule has 2 heterocycles. The highest BCUT2D eigenvalue weighted by Gasteiger charge is 2.48. The van der Waals surface area contributed by atoms with Crippen molar-refractivity contribution in [3.8, 4) is 0 Å². The van der Waals surface area contributed by atoms with Gasteiger partial charge in [0.1, 0.15) is 25.0 Å². The maximum Gasteiger partial charge on any atom is 0.350 e. The second-order valence-electron chi connectivity index (χ2n) is 4.21. The van der Waals surface area contributed by atoms with E-state index in [0.29, 0.717) is 5.06 Å². The van der Waals surface area contributed by atoms with Crippen LogP contribution in [0.5, 0.6) is 0 Å². The summed E-state index contributed by atoms with van der Waals surface area (Å²) in [6, 6.07) is -0.732. The zero-order valence-electron chi connectivity index (χ0n) is 10.2. The Balaban J connectivity index is 2.15. The molecule has 5 N–H and O–H groups in total. The maximum atomic E-state index is 11.8. The number of rotatable bonds is 2. The number of nitrogens with zero attached hydrogens (tertiary/aromatic N) is 3. The van der Waals surface area contributed by atoms with Crippen molar-refractivity contribution in [3.05, 3.63) is 0 Å². The fraction of sp³-hybridized carbons (Fsp3) is 0.778. The molecule has 0 aromatic rings. The molecule has 0 saturated carbocycles. The molecule has 1 saturated heterocycles. The van der Waals surface area contributed by atoms with Crippen molar-refractivity contribution in [2.75, 3.05) is 20.3 Å². The number of carbonyl (C=O) groups is 1.